The number of ether oxygens (including phenoxy) is 3. The molecule has 4 rings (SSSR count). The van der Waals surface area contributed by atoms with Gasteiger partial charge in [0.05, 0.1) is 21.3 Å². The summed E-state index contributed by atoms with van der Waals surface area (Å²) in [5, 5.41) is 1.54. The molecular formula is C39H50O5Si2. The molecule has 0 unspecified atom stereocenters. The predicted octanol–water partition coefficient (Wildman–Crippen LogP) is 8.34. The number of rotatable bonds is 12. The van der Waals surface area contributed by atoms with Crippen LogP contribution in [-0.2, 0) is 6.42 Å². The Morgan fingerprint density at radius 2 is 1.15 bits per heavy atom. The Kier molecular flexibility index (Phi) is 10.6. The summed E-state index contributed by atoms with van der Waals surface area (Å²) in [6, 6.07) is 30.5. The summed E-state index contributed by atoms with van der Waals surface area (Å²) in [6.45, 7) is 15.5. The van der Waals surface area contributed by atoms with E-state index in [-0.39, 0.29) is 5.04 Å². The number of hydrogen-bond acceptors (Lipinski definition) is 5. The topological polar surface area (TPSA) is 57.2 Å². The molecule has 4 aromatic carbocycles. The Morgan fingerprint density at radius 3 is 1.65 bits per heavy atom. The fraction of sp³-hybridized carbons (Fsp3) is 0.333. The van der Waals surface area contributed by atoms with Crippen LogP contribution in [0.3, 0.4) is 0 Å². The van der Waals surface area contributed by atoms with Crippen molar-refractivity contribution < 1.29 is 23.4 Å². The van der Waals surface area contributed by atoms with Gasteiger partial charge in [-0.25, -0.2) is 0 Å². The first kappa shape index (κ1) is 35.1. The second-order valence-corrected chi connectivity index (χ2v) is 22.7. The maximum atomic E-state index is 12.7. The van der Waals surface area contributed by atoms with Gasteiger partial charge in [-0.05, 0) is 80.9 Å². The normalized spacial score (nSPS) is 12.7. The van der Waals surface area contributed by atoms with Gasteiger partial charge in [-0.2, -0.15) is 0 Å². The first-order valence-corrected chi connectivity index (χ1v) is 20.7. The molecule has 46 heavy (non-hydrogen) atoms. The van der Waals surface area contributed by atoms with E-state index in [1.54, 1.807) is 21.3 Å². The molecule has 4 aromatic rings. The monoisotopic (exact) mass is 654 g/mol. The molecule has 0 aromatic heterocycles. The lowest BCUT2D eigenvalue weighted by atomic mass is 9.98. The minimum atomic E-state index is -3.21. The van der Waals surface area contributed by atoms with E-state index in [4.69, 9.17) is 18.6 Å². The van der Waals surface area contributed by atoms with Gasteiger partial charge in [0.25, 0.3) is 16.6 Å². The van der Waals surface area contributed by atoms with Crippen LogP contribution in [0.15, 0.2) is 91.0 Å². The molecule has 0 saturated carbocycles. The summed E-state index contributed by atoms with van der Waals surface area (Å²) < 4.78 is 24.0. The lowest BCUT2D eigenvalue weighted by Gasteiger charge is -2.41. The van der Waals surface area contributed by atoms with Gasteiger partial charge in [0.1, 0.15) is 5.75 Å². The van der Waals surface area contributed by atoms with Crippen LogP contribution in [0.4, 0.5) is 0 Å². The fourth-order valence-electron chi connectivity index (χ4n) is 5.69. The first-order valence-electron chi connectivity index (χ1n) is 15.8. The summed E-state index contributed by atoms with van der Waals surface area (Å²) in [5.41, 5.74) is 3.01. The van der Waals surface area contributed by atoms with Crippen molar-refractivity contribution in [1.82, 2.24) is 0 Å². The van der Waals surface area contributed by atoms with Gasteiger partial charge in [-0.1, -0.05) is 114 Å². The second kappa shape index (κ2) is 13.9. The SMILES string of the molecule is COc1ccc(/C=C\c2cc(OC)c(OC)c(O[Si](C)(C)C(C)(C)C)c2)cc1CC(C)(C)[Si](O)(c1ccccc1)c1ccccc1. The molecule has 0 aliphatic rings. The molecule has 0 aliphatic heterocycles. The third-order valence-electron chi connectivity index (χ3n) is 9.41. The summed E-state index contributed by atoms with van der Waals surface area (Å²) in [4.78, 5) is 12.7. The Balaban J connectivity index is 1.72. The molecule has 7 heteroatoms. The van der Waals surface area contributed by atoms with Crippen molar-refractivity contribution >= 4 is 39.2 Å². The van der Waals surface area contributed by atoms with Crippen LogP contribution < -0.4 is 29.0 Å². The summed E-state index contributed by atoms with van der Waals surface area (Å²) in [5.74, 6) is 2.73. The molecule has 0 atom stereocenters. The summed E-state index contributed by atoms with van der Waals surface area (Å²) in [7, 11) is -0.348. The van der Waals surface area contributed by atoms with E-state index in [1.807, 2.05) is 54.6 Å². The standard InChI is InChI=1S/C39H50O5Si2/c1-38(2,3)45(9,10)44-36-27-30(26-35(42-7)37(36)43-8)22-21-29-23-24-34(41-6)31(25-29)28-39(4,5)46(40,32-17-13-11-14-18-32)33-19-15-12-16-20-33/h11-27,40H,28H2,1-10H3/b22-21-. The average Bonchev–Trinajstić information content (AvgIpc) is 3.03. The number of benzene rings is 4. The zero-order valence-electron chi connectivity index (χ0n) is 29.1. The van der Waals surface area contributed by atoms with Crippen LogP contribution in [0.2, 0.25) is 23.2 Å². The van der Waals surface area contributed by atoms with Gasteiger partial charge in [0.2, 0.25) is 5.75 Å². The third-order valence-corrected chi connectivity index (χ3v) is 18.2. The molecule has 0 heterocycles. The van der Waals surface area contributed by atoms with E-state index in [9.17, 15) is 4.80 Å². The lowest BCUT2D eigenvalue weighted by Crippen LogP contribution is -2.65. The summed E-state index contributed by atoms with van der Waals surface area (Å²) >= 11 is 0. The zero-order chi connectivity index (χ0) is 33.8. The Bertz CT molecular complexity index is 1600. The van der Waals surface area contributed by atoms with Crippen molar-refractivity contribution in [1.29, 1.82) is 0 Å². The highest BCUT2D eigenvalue weighted by molar-refractivity contribution is 6.98. The summed E-state index contributed by atoms with van der Waals surface area (Å²) in [6.07, 6.45) is 4.78. The minimum Gasteiger partial charge on any atom is -0.541 e. The molecule has 0 spiro atoms. The van der Waals surface area contributed by atoms with E-state index in [0.29, 0.717) is 23.7 Å². The molecule has 0 radical (unpaired) electrons. The van der Waals surface area contributed by atoms with Gasteiger partial charge in [0.15, 0.2) is 11.5 Å². The predicted molar refractivity (Wildman–Crippen MR) is 197 cm³/mol. The highest BCUT2D eigenvalue weighted by atomic mass is 28.4. The molecule has 0 saturated heterocycles. The lowest BCUT2D eigenvalue weighted by molar-refractivity contribution is 0.340. The minimum absolute atomic E-state index is 0.0282. The first-order chi connectivity index (χ1) is 21.7. The van der Waals surface area contributed by atoms with Crippen LogP contribution in [0, 0.1) is 0 Å². The van der Waals surface area contributed by atoms with Gasteiger partial charge >= 0.3 is 0 Å². The van der Waals surface area contributed by atoms with E-state index < -0.39 is 21.7 Å². The van der Waals surface area contributed by atoms with Gasteiger partial charge < -0.3 is 23.4 Å². The van der Waals surface area contributed by atoms with Crippen molar-refractivity contribution in [3.63, 3.8) is 0 Å². The van der Waals surface area contributed by atoms with Crippen molar-refractivity contribution in [2.75, 3.05) is 21.3 Å². The Hall–Kier alpha value is -3.79. The van der Waals surface area contributed by atoms with Crippen molar-refractivity contribution in [2.24, 2.45) is 0 Å². The third kappa shape index (κ3) is 7.27. The highest BCUT2D eigenvalue weighted by Gasteiger charge is 2.50. The largest absolute Gasteiger partial charge is 0.541 e. The van der Waals surface area contributed by atoms with E-state index >= 15 is 0 Å². The maximum Gasteiger partial charge on any atom is 0.258 e. The molecule has 0 fully saturated rings. The van der Waals surface area contributed by atoms with Gasteiger partial charge in [-0.15, -0.1) is 0 Å². The molecule has 0 bridgehead atoms. The Labute approximate surface area is 278 Å². The smallest absolute Gasteiger partial charge is 0.258 e. The molecule has 1 N–H and O–H groups in total. The molecular weight excluding hydrogens is 605 g/mol. The second-order valence-electron chi connectivity index (χ2n) is 14.0. The maximum absolute atomic E-state index is 12.7. The van der Waals surface area contributed by atoms with Crippen molar-refractivity contribution in [3.05, 3.63) is 108 Å². The molecule has 244 valence electrons. The molecule has 0 amide bonds. The van der Waals surface area contributed by atoms with Crippen molar-refractivity contribution in [2.45, 2.75) is 64.2 Å². The Morgan fingerprint density at radius 1 is 0.630 bits per heavy atom. The number of methoxy groups -OCH3 is 3. The van der Waals surface area contributed by atoms with Crippen LogP contribution in [-0.4, -0.2) is 42.8 Å². The zero-order valence-corrected chi connectivity index (χ0v) is 31.1. The van der Waals surface area contributed by atoms with Gasteiger partial charge in [-0.3, -0.25) is 0 Å². The van der Waals surface area contributed by atoms with Crippen LogP contribution >= 0.6 is 0 Å². The molecule has 5 nitrogen and oxygen atoms in total. The van der Waals surface area contributed by atoms with Crippen LogP contribution in [0.25, 0.3) is 12.2 Å². The average molecular weight is 655 g/mol. The fourth-order valence-corrected chi connectivity index (χ4v) is 10.4. The van der Waals surface area contributed by atoms with Crippen LogP contribution in [0.5, 0.6) is 23.0 Å². The van der Waals surface area contributed by atoms with E-state index in [1.165, 1.54) is 0 Å². The quantitative estimate of drug-likeness (QED) is 0.123. The van der Waals surface area contributed by atoms with E-state index in [0.717, 1.165) is 32.8 Å². The van der Waals surface area contributed by atoms with Gasteiger partial charge in [0, 0.05) is 0 Å². The van der Waals surface area contributed by atoms with E-state index in [2.05, 4.69) is 96.3 Å². The number of hydrogen-bond donors (Lipinski definition) is 1. The van der Waals surface area contributed by atoms with Crippen molar-refractivity contribution in [3.8, 4) is 23.0 Å². The molecule has 0 aliphatic carbocycles. The van der Waals surface area contributed by atoms with Crippen LogP contribution in [0.1, 0.15) is 51.3 Å². The highest BCUT2D eigenvalue weighted by Crippen LogP contribution is 2.45.